The van der Waals surface area contributed by atoms with Crippen LogP contribution in [-0.2, 0) is 9.59 Å². The van der Waals surface area contributed by atoms with E-state index < -0.39 is 11.9 Å². The van der Waals surface area contributed by atoms with Gasteiger partial charge in [0, 0.05) is 25.9 Å². The molecule has 20 heavy (non-hydrogen) atoms. The monoisotopic (exact) mass is 304 g/mol. The van der Waals surface area contributed by atoms with Crippen molar-refractivity contribution in [1.29, 1.82) is 0 Å². The number of nitrogens with two attached hydrogens (primary N) is 1. The molecule has 0 aliphatic rings. The summed E-state index contributed by atoms with van der Waals surface area (Å²) in [6.45, 7) is 1.46. The molecule has 0 saturated carbocycles. The zero-order valence-corrected chi connectivity index (χ0v) is 12.5. The summed E-state index contributed by atoms with van der Waals surface area (Å²) in [6.07, 6.45) is 5.12. The van der Waals surface area contributed by atoms with Gasteiger partial charge in [0.05, 0.1) is 0 Å². The van der Waals surface area contributed by atoms with Gasteiger partial charge >= 0.3 is 11.9 Å². The number of carboxylic acid groups (broad SMARTS) is 2. The van der Waals surface area contributed by atoms with Crippen molar-refractivity contribution in [3.05, 3.63) is 0 Å². The number of hydrogen-bond acceptors (Lipinski definition) is 3. The second kappa shape index (κ2) is 11.5. The van der Waals surface area contributed by atoms with E-state index in [-0.39, 0.29) is 12.8 Å². The van der Waals surface area contributed by atoms with Crippen LogP contribution in [0.15, 0.2) is 0 Å². The van der Waals surface area contributed by atoms with Crippen LogP contribution in [0.1, 0.15) is 51.4 Å². The van der Waals surface area contributed by atoms with Crippen LogP contribution in [0, 0.1) is 0 Å². The van der Waals surface area contributed by atoms with Crippen LogP contribution in [0.25, 0.3) is 0 Å². The van der Waals surface area contributed by atoms with Gasteiger partial charge in [-0.3, -0.25) is 9.59 Å². The molecule has 116 valence electrons. The number of hydrogen-bond donors (Lipinski definition) is 3. The van der Waals surface area contributed by atoms with Crippen molar-refractivity contribution in [2.45, 2.75) is 51.4 Å². The Morgan fingerprint density at radius 3 is 1.55 bits per heavy atom. The molecule has 0 aromatic carbocycles. The molecular formula is C13H24N2O4S. The first-order valence-corrected chi connectivity index (χ1v) is 7.32. The number of rotatable bonds is 12. The summed E-state index contributed by atoms with van der Waals surface area (Å²) >= 11 is 4.97. The highest BCUT2D eigenvalue weighted by molar-refractivity contribution is 7.80. The van der Waals surface area contributed by atoms with E-state index in [2.05, 4.69) is 0 Å². The van der Waals surface area contributed by atoms with E-state index in [9.17, 15) is 9.59 Å². The fraction of sp³-hybridized carbons (Fsp3) is 0.769. The zero-order chi connectivity index (χ0) is 15.4. The van der Waals surface area contributed by atoms with Gasteiger partial charge in [0.15, 0.2) is 5.11 Å². The number of thiocarbonyl (C=S) groups is 1. The minimum atomic E-state index is -0.769. The fourth-order valence-corrected chi connectivity index (χ4v) is 2.03. The van der Waals surface area contributed by atoms with Crippen LogP contribution in [0.2, 0.25) is 0 Å². The summed E-state index contributed by atoms with van der Waals surface area (Å²) in [6, 6.07) is 0. The van der Waals surface area contributed by atoms with E-state index in [1.165, 1.54) is 0 Å². The first kappa shape index (κ1) is 18.6. The third kappa shape index (κ3) is 11.7. The molecule has 7 heteroatoms. The van der Waals surface area contributed by atoms with Crippen LogP contribution < -0.4 is 5.73 Å². The van der Waals surface area contributed by atoms with Gasteiger partial charge in [-0.2, -0.15) is 0 Å². The summed E-state index contributed by atoms with van der Waals surface area (Å²) in [5.41, 5.74) is 5.63. The van der Waals surface area contributed by atoms with E-state index in [1.807, 2.05) is 4.90 Å². The van der Waals surface area contributed by atoms with Crippen molar-refractivity contribution in [2.24, 2.45) is 5.73 Å². The molecule has 0 aliphatic heterocycles. The quantitative estimate of drug-likeness (QED) is 0.373. The normalized spacial score (nSPS) is 10.2. The lowest BCUT2D eigenvalue weighted by molar-refractivity contribution is -0.138. The third-order valence-corrected chi connectivity index (χ3v) is 3.21. The predicted molar refractivity (Wildman–Crippen MR) is 80.6 cm³/mol. The Kier molecular flexibility index (Phi) is 10.7. The van der Waals surface area contributed by atoms with Gasteiger partial charge in [0.2, 0.25) is 0 Å². The van der Waals surface area contributed by atoms with E-state index >= 15 is 0 Å². The number of unbranched alkanes of at least 4 members (excludes halogenated alkanes) is 4. The first-order chi connectivity index (χ1) is 9.43. The lowest BCUT2D eigenvalue weighted by Crippen LogP contribution is -2.37. The summed E-state index contributed by atoms with van der Waals surface area (Å²) < 4.78 is 0. The molecule has 6 nitrogen and oxygen atoms in total. The summed E-state index contributed by atoms with van der Waals surface area (Å²) in [5, 5.41) is 17.4. The standard InChI is InChI=1S/C13H24N2O4S/c14-13(20)15(9-5-1-3-7-11(16)17)10-6-2-4-8-12(18)19/h1-10H2,(H2,14,20)(H,16,17)(H,18,19). The van der Waals surface area contributed by atoms with Crippen LogP contribution in [0.4, 0.5) is 0 Å². The highest BCUT2D eigenvalue weighted by Gasteiger charge is 2.06. The summed E-state index contributed by atoms with van der Waals surface area (Å²) in [5.74, 6) is -1.54. The number of nitrogens with zero attached hydrogens (tertiary/aromatic N) is 1. The maximum atomic E-state index is 10.4. The third-order valence-electron chi connectivity index (χ3n) is 2.95. The Labute approximate surface area is 124 Å². The van der Waals surface area contributed by atoms with Crippen molar-refractivity contribution in [1.82, 2.24) is 4.90 Å². The van der Waals surface area contributed by atoms with Crippen molar-refractivity contribution >= 4 is 29.3 Å². The second-order valence-electron chi connectivity index (χ2n) is 4.73. The van der Waals surface area contributed by atoms with Crippen molar-refractivity contribution < 1.29 is 19.8 Å². The smallest absolute Gasteiger partial charge is 0.303 e. The highest BCUT2D eigenvalue weighted by atomic mass is 32.1. The largest absolute Gasteiger partial charge is 0.481 e. The fourth-order valence-electron chi connectivity index (χ4n) is 1.84. The Morgan fingerprint density at radius 1 is 0.850 bits per heavy atom. The van der Waals surface area contributed by atoms with Gasteiger partial charge < -0.3 is 20.8 Å². The molecule has 0 spiro atoms. The van der Waals surface area contributed by atoms with E-state index in [4.69, 9.17) is 28.2 Å². The Bertz CT molecular complexity index is 299. The van der Waals surface area contributed by atoms with Gasteiger partial charge in [-0.1, -0.05) is 12.8 Å². The molecule has 0 fully saturated rings. The van der Waals surface area contributed by atoms with Crippen LogP contribution in [0.5, 0.6) is 0 Å². The molecule has 0 aliphatic carbocycles. The molecular weight excluding hydrogens is 280 g/mol. The second-order valence-corrected chi connectivity index (χ2v) is 5.15. The Morgan fingerprint density at radius 2 is 1.25 bits per heavy atom. The number of aliphatic carboxylic acids is 2. The van der Waals surface area contributed by atoms with E-state index in [0.29, 0.717) is 18.0 Å². The molecule has 0 radical (unpaired) electrons. The minimum absolute atomic E-state index is 0.197. The summed E-state index contributed by atoms with van der Waals surface area (Å²) in [7, 11) is 0. The maximum Gasteiger partial charge on any atom is 0.303 e. The van der Waals surface area contributed by atoms with Crippen LogP contribution >= 0.6 is 12.2 Å². The van der Waals surface area contributed by atoms with E-state index in [1.54, 1.807) is 0 Å². The SMILES string of the molecule is NC(=S)N(CCCCCC(=O)O)CCCCCC(=O)O. The van der Waals surface area contributed by atoms with Gasteiger partial charge in [-0.25, -0.2) is 0 Å². The number of carboxylic acids is 2. The molecule has 0 rings (SSSR count). The van der Waals surface area contributed by atoms with Gasteiger partial charge in [0.25, 0.3) is 0 Å². The topological polar surface area (TPSA) is 104 Å². The van der Waals surface area contributed by atoms with Gasteiger partial charge in [0.1, 0.15) is 0 Å². The highest BCUT2D eigenvalue weighted by Crippen LogP contribution is 2.05. The average molecular weight is 304 g/mol. The zero-order valence-electron chi connectivity index (χ0n) is 11.7. The van der Waals surface area contributed by atoms with Gasteiger partial charge in [-0.15, -0.1) is 0 Å². The summed E-state index contributed by atoms with van der Waals surface area (Å²) in [4.78, 5) is 22.6. The molecule has 0 saturated heterocycles. The first-order valence-electron chi connectivity index (χ1n) is 6.91. The van der Waals surface area contributed by atoms with Crippen LogP contribution in [0.3, 0.4) is 0 Å². The van der Waals surface area contributed by atoms with Crippen LogP contribution in [-0.4, -0.2) is 45.3 Å². The molecule has 0 aromatic rings. The molecule has 0 amide bonds. The lowest BCUT2D eigenvalue weighted by atomic mass is 10.1. The molecule has 4 N–H and O–H groups in total. The lowest BCUT2D eigenvalue weighted by Gasteiger charge is -2.22. The van der Waals surface area contributed by atoms with Crippen molar-refractivity contribution in [3.63, 3.8) is 0 Å². The predicted octanol–water partition coefficient (Wildman–Crippen LogP) is 1.82. The molecule has 0 unspecified atom stereocenters. The maximum absolute atomic E-state index is 10.4. The van der Waals surface area contributed by atoms with Crippen molar-refractivity contribution in [2.75, 3.05) is 13.1 Å². The average Bonchev–Trinajstić information content (AvgIpc) is 2.34. The molecule has 0 heterocycles. The Balaban J connectivity index is 3.68. The molecule has 0 aromatic heterocycles. The minimum Gasteiger partial charge on any atom is -0.481 e. The molecule has 0 atom stereocenters. The van der Waals surface area contributed by atoms with E-state index in [0.717, 1.165) is 38.8 Å². The van der Waals surface area contributed by atoms with Crippen molar-refractivity contribution in [3.8, 4) is 0 Å². The number of carbonyl (C=O) groups is 2. The van der Waals surface area contributed by atoms with Gasteiger partial charge in [-0.05, 0) is 37.9 Å². The Hall–Kier alpha value is -1.37. The molecule has 0 bridgehead atoms.